The number of allylic oxidation sites excluding steroid dienone is 2. The van der Waals surface area contributed by atoms with Gasteiger partial charge in [0.15, 0.2) is 11.3 Å². The Morgan fingerprint density at radius 3 is 2.42 bits per heavy atom. The van der Waals surface area contributed by atoms with E-state index in [0.717, 1.165) is 17.7 Å². The number of hydrogen-bond acceptors (Lipinski definition) is 6. The zero-order valence-electron chi connectivity index (χ0n) is 13.1. The van der Waals surface area contributed by atoms with Gasteiger partial charge in [-0.25, -0.2) is 0 Å². The minimum absolute atomic E-state index is 0.0799. The fraction of sp³-hybridized carbons (Fsp3) is 0.167. The molecule has 0 radical (unpaired) electrons. The molecule has 0 bridgehead atoms. The lowest BCUT2D eigenvalue weighted by Gasteiger charge is -2.10. The summed E-state index contributed by atoms with van der Waals surface area (Å²) in [4.78, 5) is 12.8. The lowest BCUT2D eigenvalue weighted by molar-refractivity contribution is 0.400. The van der Waals surface area contributed by atoms with Gasteiger partial charge in [0.25, 0.3) is 0 Å². The summed E-state index contributed by atoms with van der Waals surface area (Å²) < 4.78 is 5.50. The third kappa shape index (κ3) is 2.42. The summed E-state index contributed by atoms with van der Waals surface area (Å²) in [6.07, 6.45) is 2.22. The summed E-state index contributed by atoms with van der Waals surface area (Å²) in [6, 6.07) is 3.51. The first-order chi connectivity index (χ1) is 11.3. The number of fused-ring (bicyclic) bond motifs is 2. The number of benzene rings is 2. The number of hydrogen-bond donors (Lipinski definition) is 4. The van der Waals surface area contributed by atoms with Crippen LogP contribution in [-0.4, -0.2) is 20.4 Å². The molecule has 3 aromatic rings. The van der Waals surface area contributed by atoms with E-state index >= 15 is 0 Å². The van der Waals surface area contributed by atoms with E-state index in [1.807, 2.05) is 19.9 Å². The van der Waals surface area contributed by atoms with Crippen molar-refractivity contribution in [2.45, 2.75) is 20.3 Å². The number of phenolic OH excluding ortho intramolecular Hbond substituents is 4. The van der Waals surface area contributed by atoms with Gasteiger partial charge in [-0.05, 0) is 31.9 Å². The minimum Gasteiger partial charge on any atom is -0.508 e. The summed E-state index contributed by atoms with van der Waals surface area (Å²) in [5.41, 5.74) is 0.670. The van der Waals surface area contributed by atoms with E-state index in [9.17, 15) is 25.2 Å². The highest BCUT2D eigenvalue weighted by Gasteiger charge is 2.20. The molecule has 0 saturated carbocycles. The van der Waals surface area contributed by atoms with Crippen LogP contribution < -0.4 is 5.43 Å². The van der Waals surface area contributed by atoms with Crippen LogP contribution in [0.3, 0.4) is 0 Å². The van der Waals surface area contributed by atoms with Crippen molar-refractivity contribution in [1.29, 1.82) is 0 Å². The number of rotatable bonds is 2. The van der Waals surface area contributed by atoms with E-state index in [1.54, 1.807) is 0 Å². The second-order valence-corrected chi connectivity index (χ2v) is 5.86. The number of aromatic hydroxyl groups is 4. The minimum atomic E-state index is -0.562. The second-order valence-electron chi connectivity index (χ2n) is 5.86. The van der Waals surface area contributed by atoms with Crippen LogP contribution in [-0.2, 0) is 6.42 Å². The highest BCUT2D eigenvalue weighted by atomic mass is 16.4. The Bertz CT molecular complexity index is 1050. The largest absolute Gasteiger partial charge is 0.508 e. The van der Waals surface area contributed by atoms with Gasteiger partial charge in [-0.3, -0.25) is 4.79 Å². The molecule has 0 aliphatic heterocycles. The average Bonchev–Trinajstić information content (AvgIpc) is 2.48. The Morgan fingerprint density at radius 1 is 1.04 bits per heavy atom. The predicted molar refractivity (Wildman–Crippen MR) is 89.8 cm³/mol. The summed E-state index contributed by atoms with van der Waals surface area (Å²) >= 11 is 0. The molecule has 1 aromatic heterocycles. The van der Waals surface area contributed by atoms with Crippen LogP contribution in [0.2, 0.25) is 0 Å². The molecular weight excluding hydrogens is 312 g/mol. The molecule has 6 heteroatoms. The molecule has 24 heavy (non-hydrogen) atoms. The molecule has 0 aliphatic rings. The van der Waals surface area contributed by atoms with Crippen LogP contribution in [0.15, 0.2) is 39.1 Å². The van der Waals surface area contributed by atoms with Crippen LogP contribution in [0.4, 0.5) is 0 Å². The topological polar surface area (TPSA) is 111 Å². The van der Waals surface area contributed by atoms with Crippen molar-refractivity contribution in [1.82, 2.24) is 0 Å². The Labute approximate surface area is 136 Å². The van der Waals surface area contributed by atoms with E-state index in [2.05, 4.69) is 0 Å². The molecule has 0 aliphatic carbocycles. The Balaban J connectivity index is 2.51. The lowest BCUT2D eigenvalue weighted by atomic mass is 10.0. The third-order valence-corrected chi connectivity index (χ3v) is 3.78. The standard InChI is InChI=1S/C18H16O6/c1-8(2)3-4-9-5-12(21)16(22)18-14(9)17(23)15-11(20)6-10(19)7-13(15)24-18/h3,5-7,19-22H,4H2,1-2H3. The fourth-order valence-electron chi connectivity index (χ4n) is 2.64. The molecule has 124 valence electrons. The third-order valence-electron chi connectivity index (χ3n) is 3.78. The van der Waals surface area contributed by atoms with Crippen LogP contribution in [0.25, 0.3) is 21.9 Å². The van der Waals surface area contributed by atoms with E-state index < -0.39 is 22.7 Å². The van der Waals surface area contributed by atoms with Crippen molar-refractivity contribution in [3.63, 3.8) is 0 Å². The van der Waals surface area contributed by atoms with Crippen molar-refractivity contribution in [2.75, 3.05) is 0 Å². The molecule has 4 N–H and O–H groups in total. The first kappa shape index (κ1) is 15.7. The molecule has 6 nitrogen and oxygen atoms in total. The van der Waals surface area contributed by atoms with Gasteiger partial charge in [0.1, 0.15) is 22.5 Å². The smallest absolute Gasteiger partial charge is 0.204 e. The first-order valence-corrected chi connectivity index (χ1v) is 7.29. The van der Waals surface area contributed by atoms with Gasteiger partial charge in [0.05, 0.1) is 5.39 Å². The average molecular weight is 328 g/mol. The maximum Gasteiger partial charge on any atom is 0.204 e. The van der Waals surface area contributed by atoms with Gasteiger partial charge in [-0.2, -0.15) is 0 Å². The first-order valence-electron chi connectivity index (χ1n) is 7.29. The normalized spacial score (nSPS) is 11.1. The molecular formula is C18H16O6. The quantitative estimate of drug-likeness (QED) is 0.326. The van der Waals surface area contributed by atoms with E-state index in [4.69, 9.17) is 4.42 Å². The van der Waals surface area contributed by atoms with E-state index in [-0.39, 0.29) is 27.7 Å². The summed E-state index contributed by atoms with van der Waals surface area (Å²) in [5, 5.41) is 39.5. The molecule has 0 saturated heterocycles. The van der Waals surface area contributed by atoms with Crippen molar-refractivity contribution < 1.29 is 24.8 Å². The van der Waals surface area contributed by atoms with Crippen LogP contribution >= 0.6 is 0 Å². The Hall–Kier alpha value is -3.15. The van der Waals surface area contributed by atoms with Gasteiger partial charge >= 0.3 is 0 Å². The number of phenols is 4. The van der Waals surface area contributed by atoms with Crippen molar-refractivity contribution >= 4 is 21.9 Å². The molecule has 0 fully saturated rings. The predicted octanol–water partition coefficient (Wildman–Crippen LogP) is 3.28. The second kappa shape index (κ2) is 5.49. The fourth-order valence-corrected chi connectivity index (χ4v) is 2.64. The van der Waals surface area contributed by atoms with Gasteiger partial charge in [-0.15, -0.1) is 0 Å². The van der Waals surface area contributed by atoms with Crippen molar-refractivity contribution in [3.05, 3.63) is 45.6 Å². The van der Waals surface area contributed by atoms with Crippen LogP contribution in [0.5, 0.6) is 23.0 Å². The maximum atomic E-state index is 12.8. The highest BCUT2D eigenvalue weighted by molar-refractivity contribution is 5.98. The highest BCUT2D eigenvalue weighted by Crippen LogP contribution is 2.38. The monoisotopic (exact) mass is 328 g/mol. The Kier molecular flexibility index (Phi) is 3.60. The van der Waals surface area contributed by atoms with Gasteiger partial charge in [0, 0.05) is 12.1 Å². The summed E-state index contributed by atoms with van der Waals surface area (Å²) in [5.74, 6) is -1.67. The van der Waals surface area contributed by atoms with E-state index in [0.29, 0.717) is 12.0 Å². The van der Waals surface area contributed by atoms with Crippen LogP contribution in [0, 0.1) is 0 Å². The van der Waals surface area contributed by atoms with Crippen LogP contribution in [0.1, 0.15) is 19.4 Å². The summed E-state index contributed by atoms with van der Waals surface area (Å²) in [6.45, 7) is 3.80. The molecule has 3 rings (SSSR count). The molecule has 2 aromatic carbocycles. The molecule has 0 unspecified atom stereocenters. The zero-order valence-corrected chi connectivity index (χ0v) is 13.1. The SMILES string of the molecule is CC(C)=CCc1cc(O)c(O)c2oc3cc(O)cc(O)c3c(=O)c12. The Morgan fingerprint density at radius 2 is 1.75 bits per heavy atom. The van der Waals surface area contributed by atoms with Gasteiger partial charge < -0.3 is 24.8 Å². The summed E-state index contributed by atoms with van der Waals surface area (Å²) in [7, 11) is 0. The molecule has 1 heterocycles. The molecule has 0 atom stereocenters. The van der Waals surface area contributed by atoms with Gasteiger partial charge in [0.2, 0.25) is 11.2 Å². The van der Waals surface area contributed by atoms with Crippen molar-refractivity contribution in [3.8, 4) is 23.0 Å². The van der Waals surface area contributed by atoms with Gasteiger partial charge in [-0.1, -0.05) is 11.6 Å². The van der Waals surface area contributed by atoms with E-state index in [1.165, 1.54) is 6.07 Å². The maximum absolute atomic E-state index is 12.8. The molecule has 0 spiro atoms. The van der Waals surface area contributed by atoms with Crippen molar-refractivity contribution in [2.24, 2.45) is 0 Å². The zero-order chi connectivity index (χ0) is 17.6. The molecule has 0 amide bonds. The lowest BCUT2D eigenvalue weighted by Crippen LogP contribution is -2.06.